The molecule has 3 nitrogen and oxygen atoms in total. The van der Waals surface area contributed by atoms with Crippen molar-refractivity contribution in [2.24, 2.45) is 5.73 Å². The summed E-state index contributed by atoms with van der Waals surface area (Å²) in [6, 6.07) is 8.70. The first-order valence-corrected chi connectivity index (χ1v) is 7.90. The summed E-state index contributed by atoms with van der Waals surface area (Å²) in [4.78, 5) is 6.96. The molecule has 1 aliphatic rings. The number of nitrogens with two attached hydrogens (primary N) is 1. The summed E-state index contributed by atoms with van der Waals surface area (Å²) >= 11 is 1.71. The van der Waals surface area contributed by atoms with Crippen LogP contribution in [-0.4, -0.2) is 29.0 Å². The second-order valence-electron chi connectivity index (χ2n) is 5.76. The third-order valence-corrected chi connectivity index (χ3v) is 5.24. The molecule has 0 radical (unpaired) electrons. The van der Waals surface area contributed by atoms with Gasteiger partial charge in [0.1, 0.15) is 0 Å². The first-order valence-electron chi connectivity index (χ1n) is 7.02. The topological polar surface area (TPSA) is 42.2 Å². The van der Waals surface area contributed by atoms with Gasteiger partial charge in [-0.25, -0.2) is 4.98 Å². The van der Waals surface area contributed by atoms with Gasteiger partial charge in [-0.15, -0.1) is 11.3 Å². The van der Waals surface area contributed by atoms with Crippen LogP contribution in [0.5, 0.6) is 0 Å². The van der Waals surface area contributed by atoms with Crippen molar-refractivity contribution in [3.8, 4) is 0 Å². The van der Waals surface area contributed by atoms with E-state index in [0.717, 1.165) is 30.1 Å². The maximum Gasteiger partial charge on any atom is 0.0897 e. The highest BCUT2D eigenvalue weighted by atomic mass is 32.1. The molecule has 1 aromatic carbocycles. The highest BCUT2D eigenvalue weighted by Crippen LogP contribution is 2.34. The Morgan fingerprint density at radius 3 is 2.45 bits per heavy atom. The van der Waals surface area contributed by atoms with Gasteiger partial charge in [0, 0.05) is 24.0 Å². The Balaban J connectivity index is 1.80. The van der Waals surface area contributed by atoms with Gasteiger partial charge in [0.05, 0.1) is 10.7 Å². The predicted octanol–water partition coefficient (Wildman–Crippen LogP) is 2.38. The Hall–Kier alpha value is -1.23. The second kappa shape index (κ2) is 5.28. The molecular formula is C16H21N3S. The minimum Gasteiger partial charge on any atom is -0.329 e. The monoisotopic (exact) mass is 287 g/mol. The Bertz CT molecular complexity index is 580. The van der Waals surface area contributed by atoms with Crippen molar-refractivity contribution in [1.82, 2.24) is 9.88 Å². The van der Waals surface area contributed by atoms with Crippen molar-refractivity contribution in [1.29, 1.82) is 0 Å². The molecule has 0 saturated heterocycles. The van der Waals surface area contributed by atoms with Gasteiger partial charge < -0.3 is 5.73 Å². The van der Waals surface area contributed by atoms with Crippen LogP contribution in [-0.2, 0) is 19.4 Å². The Kier molecular flexibility index (Phi) is 3.63. The molecule has 0 unspecified atom stereocenters. The molecule has 106 valence electrons. The van der Waals surface area contributed by atoms with Crippen LogP contribution in [0.4, 0.5) is 0 Å². The number of benzene rings is 1. The van der Waals surface area contributed by atoms with Crippen molar-refractivity contribution < 1.29 is 0 Å². The number of rotatable bonds is 4. The summed E-state index contributed by atoms with van der Waals surface area (Å²) in [6.07, 6.45) is 2.08. The molecule has 0 aliphatic heterocycles. The van der Waals surface area contributed by atoms with E-state index in [1.165, 1.54) is 11.1 Å². The smallest absolute Gasteiger partial charge is 0.0897 e. The molecule has 4 heteroatoms. The molecule has 2 aromatic rings. The molecule has 1 heterocycles. The molecule has 0 spiro atoms. The number of aromatic nitrogens is 1. The van der Waals surface area contributed by atoms with E-state index in [-0.39, 0.29) is 5.54 Å². The molecule has 0 fully saturated rings. The maximum absolute atomic E-state index is 6.15. The Morgan fingerprint density at radius 1 is 1.30 bits per heavy atom. The van der Waals surface area contributed by atoms with E-state index >= 15 is 0 Å². The average Bonchev–Trinajstić information content (AvgIpc) is 3.02. The number of aryl methyl sites for hydroxylation is 1. The lowest BCUT2D eigenvalue weighted by Gasteiger charge is -2.37. The van der Waals surface area contributed by atoms with Gasteiger partial charge in [-0.1, -0.05) is 24.3 Å². The fourth-order valence-electron chi connectivity index (χ4n) is 3.14. The lowest BCUT2D eigenvalue weighted by molar-refractivity contribution is 0.126. The lowest BCUT2D eigenvalue weighted by Crippen LogP contribution is -2.52. The van der Waals surface area contributed by atoms with Crippen molar-refractivity contribution in [2.45, 2.75) is 31.8 Å². The molecule has 1 aliphatic carbocycles. The second-order valence-corrected chi connectivity index (χ2v) is 6.83. The van der Waals surface area contributed by atoms with Crippen molar-refractivity contribution in [2.75, 3.05) is 13.6 Å². The van der Waals surface area contributed by atoms with Crippen LogP contribution in [0.1, 0.15) is 21.8 Å². The standard InChI is InChI=1S/C16H21N3S/c1-12-18-15(10-20-12)9-19(2)16(11-17)7-13-5-3-4-6-14(13)8-16/h3-6,10H,7-9,11,17H2,1-2H3. The van der Waals surface area contributed by atoms with Crippen LogP contribution in [0.25, 0.3) is 0 Å². The molecule has 20 heavy (non-hydrogen) atoms. The molecule has 0 saturated carbocycles. The van der Waals surface area contributed by atoms with Crippen LogP contribution in [0.3, 0.4) is 0 Å². The normalized spacial score (nSPS) is 16.6. The van der Waals surface area contributed by atoms with Crippen LogP contribution in [0.2, 0.25) is 0 Å². The molecule has 0 bridgehead atoms. The molecule has 3 rings (SSSR count). The summed E-state index contributed by atoms with van der Waals surface area (Å²) in [6.45, 7) is 3.61. The summed E-state index contributed by atoms with van der Waals surface area (Å²) < 4.78 is 0. The number of nitrogens with zero attached hydrogens (tertiary/aromatic N) is 2. The zero-order valence-electron chi connectivity index (χ0n) is 12.1. The minimum absolute atomic E-state index is 0.0429. The summed E-state index contributed by atoms with van der Waals surface area (Å²) in [5.41, 5.74) is 10.2. The molecule has 2 N–H and O–H groups in total. The third-order valence-electron chi connectivity index (χ3n) is 4.41. The largest absolute Gasteiger partial charge is 0.329 e. The Labute approximate surface area is 124 Å². The van der Waals surface area contributed by atoms with E-state index in [0.29, 0.717) is 6.54 Å². The molecular weight excluding hydrogens is 266 g/mol. The Morgan fingerprint density at radius 2 is 1.95 bits per heavy atom. The van der Waals surface area contributed by atoms with Gasteiger partial charge in [0.15, 0.2) is 0 Å². The van der Waals surface area contributed by atoms with E-state index in [4.69, 9.17) is 5.73 Å². The van der Waals surface area contributed by atoms with Crippen LogP contribution in [0.15, 0.2) is 29.6 Å². The van der Waals surface area contributed by atoms with E-state index in [1.807, 2.05) is 0 Å². The number of fused-ring (bicyclic) bond motifs is 1. The fraction of sp³-hybridized carbons (Fsp3) is 0.438. The summed E-state index contributed by atoms with van der Waals surface area (Å²) in [5.74, 6) is 0. The predicted molar refractivity (Wildman–Crippen MR) is 84.0 cm³/mol. The van der Waals surface area contributed by atoms with Crippen molar-refractivity contribution in [3.05, 3.63) is 51.5 Å². The van der Waals surface area contributed by atoms with Gasteiger partial charge >= 0.3 is 0 Å². The van der Waals surface area contributed by atoms with Gasteiger partial charge in [-0.2, -0.15) is 0 Å². The molecule has 1 aromatic heterocycles. The quantitative estimate of drug-likeness (QED) is 0.939. The van der Waals surface area contributed by atoms with Gasteiger partial charge in [-0.05, 0) is 37.9 Å². The summed E-state index contributed by atoms with van der Waals surface area (Å²) in [5, 5.41) is 3.28. The van der Waals surface area contributed by atoms with E-state index < -0.39 is 0 Å². The van der Waals surface area contributed by atoms with Gasteiger partial charge in [0.2, 0.25) is 0 Å². The summed E-state index contributed by atoms with van der Waals surface area (Å²) in [7, 11) is 2.17. The third kappa shape index (κ3) is 2.39. The zero-order chi connectivity index (χ0) is 14.2. The van der Waals surface area contributed by atoms with Gasteiger partial charge in [-0.3, -0.25) is 4.90 Å². The number of hydrogen-bond acceptors (Lipinski definition) is 4. The highest BCUT2D eigenvalue weighted by molar-refractivity contribution is 7.09. The highest BCUT2D eigenvalue weighted by Gasteiger charge is 2.39. The maximum atomic E-state index is 6.15. The van der Waals surface area contributed by atoms with Crippen LogP contribution < -0.4 is 5.73 Å². The number of likely N-dealkylation sites (N-methyl/N-ethyl adjacent to an activating group) is 1. The van der Waals surface area contributed by atoms with E-state index in [1.54, 1.807) is 11.3 Å². The van der Waals surface area contributed by atoms with Crippen molar-refractivity contribution in [3.63, 3.8) is 0 Å². The molecule has 0 amide bonds. The van der Waals surface area contributed by atoms with E-state index in [2.05, 4.69) is 53.5 Å². The lowest BCUT2D eigenvalue weighted by atomic mass is 9.93. The zero-order valence-corrected chi connectivity index (χ0v) is 12.9. The number of hydrogen-bond donors (Lipinski definition) is 1. The SMILES string of the molecule is Cc1nc(CN(C)C2(CN)Cc3ccccc3C2)cs1. The minimum atomic E-state index is 0.0429. The van der Waals surface area contributed by atoms with E-state index in [9.17, 15) is 0 Å². The average molecular weight is 287 g/mol. The molecule has 0 atom stereocenters. The fourth-order valence-corrected chi connectivity index (χ4v) is 3.74. The first-order chi connectivity index (χ1) is 9.63. The first kappa shape index (κ1) is 13.7. The van der Waals surface area contributed by atoms with Crippen molar-refractivity contribution >= 4 is 11.3 Å². The number of thiazole rings is 1. The van der Waals surface area contributed by atoms with Crippen LogP contribution >= 0.6 is 11.3 Å². The van der Waals surface area contributed by atoms with Crippen LogP contribution in [0, 0.1) is 6.92 Å². The van der Waals surface area contributed by atoms with Gasteiger partial charge in [0.25, 0.3) is 0 Å².